The average molecular weight is 328 g/mol. The van der Waals surface area contributed by atoms with Crippen LogP contribution >= 0.6 is 11.8 Å². The van der Waals surface area contributed by atoms with Crippen LogP contribution in [-0.2, 0) is 14.8 Å². The third kappa shape index (κ3) is 3.78. The average Bonchev–Trinajstić information content (AvgIpc) is 2.34. The van der Waals surface area contributed by atoms with E-state index in [0.717, 1.165) is 10.6 Å². The van der Waals surface area contributed by atoms with E-state index in [1.807, 2.05) is 0 Å². The highest BCUT2D eigenvalue weighted by molar-refractivity contribution is 7.99. The third-order valence-corrected chi connectivity index (χ3v) is 5.72. The Morgan fingerprint density at radius 2 is 2.00 bits per heavy atom. The minimum absolute atomic E-state index is 0.0742. The second kappa shape index (κ2) is 5.62. The SMILES string of the molecule is CC(=O)N1CCSc2ccc(S(=O)(=O)NC(C)(C)C)cc21. The lowest BCUT2D eigenvalue weighted by atomic mass is 10.1. The van der Waals surface area contributed by atoms with E-state index in [4.69, 9.17) is 0 Å². The van der Waals surface area contributed by atoms with Gasteiger partial charge in [0.2, 0.25) is 15.9 Å². The molecule has 0 aromatic heterocycles. The lowest BCUT2D eigenvalue weighted by Crippen LogP contribution is -2.40. The zero-order valence-electron chi connectivity index (χ0n) is 12.6. The maximum atomic E-state index is 12.4. The van der Waals surface area contributed by atoms with Crippen molar-refractivity contribution in [1.82, 2.24) is 4.72 Å². The van der Waals surface area contributed by atoms with Crippen molar-refractivity contribution >= 4 is 33.4 Å². The van der Waals surface area contributed by atoms with Crippen LogP contribution in [-0.4, -0.2) is 32.2 Å². The number of thioether (sulfide) groups is 1. The summed E-state index contributed by atoms with van der Waals surface area (Å²) >= 11 is 1.63. The van der Waals surface area contributed by atoms with Gasteiger partial charge in [-0.2, -0.15) is 0 Å². The highest BCUT2D eigenvalue weighted by atomic mass is 32.2. The molecule has 0 atom stereocenters. The van der Waals surface area contributed by atoms with E-state index >= 15 is 0 Å². The molecule has 1 N–H and O–H groups in total. The molecule has 1 heterocycles. The Morgan fingerprint density at radius 1 is 1.33 bits per heavy atom. The Balaban J connectivity index is 2.45. The standard InChI is InChI=1S/C14H20N2O3S2/c1-10(17)16-7-8-20-13-6-5-11(9-12(13)16)21(18,19)15-14(2,3)4/h5-6,9,15H,7-8H2,1-4H3. The van der Waals surface area contributed by atoms with Crippen molar-refractivity contribution in [2.24, 2.45) is 0 Å². The van der Waals surface area contributed by atoms with E-state index in [2.05, 4.69) is 4.72 Å². The largest absolute Gasteiger partial charge is 0.311 e. The molecule has 1 amide bonds. The molecule has 1 aliphatic heterocycles. The number of fused-ring (bicyclic) bond motifs is 1. The van der Waals surface area contributed by atoms with Gasteiger partial charge in [-0.05, 0) is 39.0 Å². The Morgan fingerprint density at radius 3 is 2.57 bits per heavy atom. The lowest BCUT2D eigenvalue weighted by Gasteiger charge is -2.29. The molecule has 5 nitrogen and oxygen atoms in total. The summed E-state index contributed by atoms with van der Waals surface area (Å²) < 4.78 is 27.4. The van der Waals surface area contributed by atoms with E-state index in [9.17, 15) is 13.2 Å². The molecule has 0 aliphatic carbocycles. The fourth-order valence-electron chi connectivity index (χ4n) is 2.15. The summed E-state index contributed by atoms with van der Waals surface area (Å²) in [5, 5.41) is 0. The molecule has 0 spiro atoms. The molecule has 1 aromatic carbocycles. The van der Waals surface area contributed by atoms with Gasteiger partial charge in [0.1, 0.15) is 0 Å². The number of nitrogens with one attached hydrogen (secondary N) is 1. The highest BCUT2D eigenvalue weighted by Crippen LogP contribution is 2.36. The van der Waals surface area contributed by atoms with Crippen molar-refractivity contribution in [2.45, 2.75) is 43.0 Å². The molecule has 7 heteroatoms. The minimum atomic E-state index is -3.60. The molecule has 0 fully saturated rings. The van der Waals surface area contributed by atoms with Crippen LogP contribution in [0.4, 0.5) is 5.69 Å². The van der Waals surface area contributed by atoms with E-state index in [1.165, 1.54) is 6.92 Å². The summed E-state index contributed by atoms with van der Waals surface area (Å²) in [6, 6.07) is 4.94. The summed E-state index contributed by atoms with van der Waals surface area (Å²) in [5.74, 6) is 0.744. The van der Waals surface area contributed by atoms with Crippen molar-refractivity contribution in [3.05, 3.63) is 18.2 Å². The van der Waals surface area contributed by atoms with E-state index in [0.29, 0.717) is 12.2 Å². The molecule has 1 aliphatic rings. The normalized spacial score (nSPS) is 15.7. The van der Waals surface area contributed by atoms with Gasteiger partial charge in [-0.1, -0.05) is 0 Å². The molecule has 0 saturated carbocycles. The molecule has 2 rings (SSSR count). The van der Waals surface area contributed by atoms with Gasteiger partial charge in [0.05, 0.1) is 10.6 Å². The Hall–Kier alpha value is -1.05. The fraction of sp³-hybridized carbons (Fsp3) is 0.500. The molecule has 0 bridgehead atoms. The number of hydrogen-bond acceptors (Lipinski definition) is 4. The second-order valence-electron chi connectivity index (χ2n) is 6.00. The van der Waals surface area contributed by atoms with Gasteiger partial charge in [0.15, 0.2) is 0 Å². The molecule has 21 heavy (non-hydrogen) atoms. The maximum Gasteiger partial charge on any atom is 0.241 e. The van der Waals surface area contributed by atoms with Crippen molar-refractivity contribution in [2.75, 3.05) is 17.2 Å². The number of benzene rings is 1. The zero-order valence-corrected chi connectivity index (χ0v) is 14.3. The number of hydrogen-bond donors (Lipinski definition) is 1. The summed E-state index contributed by atoms with van der Waals surface area (Å²) in [5.41, 5.74) is 0.125. The van der Waals surface area contributed by atoms with Crippen LogP contribution in [0, 0.1) is 0 Å². The van der Waals surface area contributed by atoms with Crippen molar-refractivity contribution in [1.29, 1.82) is 0 Å². The predicted molar refractivity (Wildman–Crippen MR) is 85.3 cm³/mol. The highest BCUT2D eigenvalue weighted by Gasteiger charge is 2.26. The molecule has 0 saturated heterocycles. The van der Waals surface area contributed by atoms with Crippen LogP contribution < -0.4 is 9.62 Å². The van der Waals surface area contributed by atoms with Gasteiger partial charge in [0, 0.05) is 29.7 Å². The van der Waals surface area contributed by atoms with Crippen molar-refractivity contribution in [3.63, 3.8) is 0 Å². The topological polar surface area (TPSA) is 66.5 Å². The predicted octanol–water partition coefficient (Wildman–Crippen LogP) is 2.22. The molecular formula is C14H20N2O3S2. The number of amides is 1. The number of nitrogens with zero attached hydrogens (tertiary/aromatic N) is 1. The summed E-state index contributed by atoms with van der Waals surface area (Å²) in [6.07, 6.45) is 0. The van der Waals surface area contributed by atoms with E-state index < -0.39 is 15.6 Å². The Bertz CT molecular complexity index is 663. The van der Waals surface area contributed by atoms with Crippen LogP contribution in [0.5, 0.6) is 0 Å². The molecular weight excluding hydrogens is 308 g/mol. The molecule has 0 unspecified atom stereocenters. The van der Waals surface area contributed by atoms with Crippen LogP contribution in [0.3, 0.4) is 0 Å². The zero-order chi connectivity index (χ0) is 15.8. The fourth-order valence-corrected chi connectivity index (χ4v) is 4.57. The summed E-state index contributed by atoms with van der Waals surface area (Å²) in [7, 11) is -3.60. The Kier molecular flexibility index (Phi) is 4.37. The Labute approximate surface area is 130 Å². The summed E-state index contributed by atoms with van der Waals surface area (Å²) in [4.78, 5) is 14.5. The number of rotatable bonds is 2. The van der Waals surface area contributed by atoms with Crippen LogP contribution in [0.2, 0.25) is 0 Å². The van der Waals surface area contributed by atoms with Crippen molar-refractivity contribution < 1.29 is 13.2 Å². The number of sulfonamides is 1. The first-order chi connectivity index (χ1) is 9.60. The number of anilines is 1. The lowest BCUT2D eigenvalue weighted by molar-refractivity contribution is -0.116. The first kappa shape index (κ1) is 16.3. The molecule has 0 radical (unpaired) electrons. The van der Waals surface area contributed by atoms with E-state index in [-0.39, 0.29) is 10.8 Å². The van der Waals surface area contributed by atoms with Crippen molar-refractivity contribution in [3.8, 4) is 0 Å². The van der Waals surface area contributed by atoms with Gasteiger partial charge in [-0.3, -0.25) is 4.79 Å². The van der Waals surface area contributed by atoms with Crippen LogP contribution in [0.15, 0.2) is 28.0 Å². The molecule has 1 aromatic rings. The first-order valence-corrected chi connectivity index (χ1v) is 9.16. The summed E-state index contributed by atoms with van der Waals surface area (Å²) in [6.45, 7) is 7.47. The third-order valence-electron chi connectivity index (χ3n) is 2.92. The second-order valence-corrected chi connectivity index (χ2v) is 8.82. The van der Waals surface area contributed by atoms with Gasteiger partial charge in [-0.15, -0.1) is 11.8 Å². The quantitative estimate of drug-likeness (QED) is 0.904. The minimum Gasteiger partial charge on any atom is -0.311 e. The van der Waals surface area contributed by atoms with Gasteiger partial charge < -0.3 is 4.90 Å². The maximum absolute atomic E-state index is 12.4. The van der Waals surface area contributed by atoms with Crippen LogP contribution in [0.1, 0.15) is 27.7 Å². The number of carbonyl (C=O) groups is 1. The first-order valence-electron chi connectivity index (χ1n) is 6.69. The molecule has 116 valence electrons. The van der Waals surface area contributed by atoms with Gasteiger partial charge >= 0.3 is 0 Å². The monoisotopic (exact) mass is 328 g/mol. The number of carbonyl (C=O) groups excluding carboxylic acids is 1. The van der Waals surface area contributed by atoms with Gasteiger partial charge in [0.25, 0.3) is 0 Å². The van der Waals surface area contributed by atoms with Gasteiger partial charge in [-0.25, -0.2) is 13.1 Å². The smallest absolute Gasteiger partial charge is 0.241 e. The van der Waals surface area contributed by atoms with E-state index in [1.54, 1.807) is 55.6 Å². The van der Waals surface area contributed by atoms with Crippen LogP contribution in [0.25, 0.3) is 0 Å².